The molecule has 6 nitrogen and oxygen atoms in total. The van der Waals surface area contributed by atoms with E-state index in [9.17, 15) is 9.59 Å². The lowest BCUT2D eigenvalue weighted by Crippen LogP contribution is -2.36. The molecule has 3 heterocycles. The Morgan fingerprint density at radius 1 is 1.19 bits per heavy atom. The van der Waals surface area contributed by atoms with Crippen LogP contribution >= 0.6 is 23.1 Å². The molecule has 2 fully saturated rings. The predicted molar refractivity (Wildman–Crippen MR) is 106 cm³/mol. The van der Waals surface area contributed by atoms with E-state index in [4.69, 9.17) is 0 Å². The third kappa shape index (κ3) is 4.17. The normalized spacial score (nSPS) is 27.2. The number of aryl methyl sites for hydroxylation is 2. The maximum atomic E-state index is 12.2. The van der Waals surface area contributed by atoms with Crippen LogP contribution in [0.15, 0.2) is 0 Å². The monoisotopic (exact) mass is 394 g/mol. The number of anilines is 1. The van der Waals surface area contributed by atoms with Gasteiger partial charge in [0.05, 0.1) is 17.8 Å². The summed E-state index contributed by atoms with van der Waals surface area (Å²) in [7, 11) is 0. The summed E-state index contributed by atoms with van der Waals surface area (Å²) >= 11 is 3.58. The molecule has 0 bridgehead atoms. The average Bonchev–Trinajstić information content (AvgIpc) is 3.22. The Balaban J connectivity index is 1.17. The molecular formula is C18H26N4O2S2. The first-order valence-electron chi connectivity index (χ1n) is 9.66. The number of urea groups is 1. The van der Waals surface area contributed by atoms with E-state index in [1.807, 2.05) is 11.8 Å². The smallest absolute Gasteiger partial charge is 0.315 e. The molecule has 2 aliphatic heterocycles. The fraction of sp³-hybridized carbons (Fsp3) is 0.722. The highest BCUT2D eigenvalue weighted by atomic mass is 32.2. The fourth-order valence-corrected chi connectivity index (χ4v) is 6.65. The molecule has 8 heteroatoms. The molecule has 142 valence electrons. The molecular weight excluding hydrogens is 368 g/mol. The van der Waals surface area contributed by atoms with Gasteiger partial charge in [0.2, 0.25) is 5.91 Å². The van der Waals surface area contributed by atoms with Crippen molar-refractivity contribution in [2.24, 2.45) is 0 Å². The summed E-state index contributed by atoms with van der Waals surface area (Å²) in [6.07, 6.45) is 9.37. The SMILES string of the molecule is O=C(CCCCC1SCC2NC(=O)NC21)Nc1nc2c(s1)CCCCC2. The number of carbonyl (C=O) groups is 2. The van der Waals surface area contributed by atoms with Crippen LogP contribution in [0.1, 0.15) is 55.5 Å². The molecule has 3 aliphatic rings. The molecule has 0 aromatic carbocycles. The number of carbonyl (C=O) groups excluding carboxylic acids is 2. The van der Waals surface area contributed by atoms with Crippen molar-refractivity contribution >= 4 is 40.2 Å². The highest BCUT2D eigenvalue weighted by Gasteiger charge is 2.42. The lowest BCUT2D eigenvalue weighted by atomic mass is 10.0. The minimum atomic E-state index is -0.0356. The molecule has 1 aromatic rings. The van der Waals surface area contributed by atoms with Gasteiger partial charge in [0, 0.05) is 22.3 Å². The third-order valence-electron chi connectivity index (χ3n) is 5.42. The maximum absolute atomic E-state index is 12.2. The number of unbranched alkanes of at least 4 members (excludes halogenated alkanes) is 1. The van der Waals surface area contributed by atoms with Crippen LogP contribution in [-0.4, -0.2) is 40.0 Å². The molecule has 0 saturated carbocycles. The van der Waals surface area contributed by atoms with Crippen molar-refractivity contribution in [3.63, 3.8) is 0 Å². The van der Waals surface area contributed by atoms with Gasteiger partial charge in [-0.15, -0.1) is 11.3 Å². The van der Waals surface area contributed by atoms with E-state index in [1.54, 1.807) is 11.3 Å². The first-order chi connectivity index (χ1) is 12.7. The van der Waals surface area contributed by atoms with E-state index in [2.05, 4.69) is 20.9 Å². The highest BCUT2D eigenvalue weighted by Crippen LogP contribution is 2.33. The van der Waals surface area contributed by atoms with Crippen LogP contribution in [0.2, 0.25) is 0 Å². The molecule has 3 N–H and O–H groups in total. The molecule has 1 aromatic heterocycles. The van der Waals surface area contributed by atoms with Crippen LogP contribution in [-0.2, 0) is 17.6 Å². The summed E-state index contributed by atoms with van der Waals surface area (Å²) in [5.41, 5.74) is 1.20. The lowest BCUT2D eigenvalue weighted by molar-refractivity contribution is -0.116. The van der Waals surface area contributed by atoms with Crippen molar-refractivity contribution in [1.29, 1.82) is 0 Å². The second-order valence-corrected chi connectivity index (χ2v) is 9.72. The molecule has 26 heavy (non-hydrogen) atoms. The van der Waals surface area contributed by atoms with Crippen molar-refractivity contribution in [3.8, 4) is 0 Å². The predicted octanol–water partition coefficient (Wildman–Crippen LogP) is 3.08. The van der Waals surface area contributed by atoms with Crippen LogP contribution in [0.5, 0.6) is 0 Å². The van der Waals surface area contributed by atoms with E-state index >= 15 is 0 Å². The van der Waals surface area contributed by atoms with Crippen LogP contribution in [0.4, 0.5) is 9.93 Å². The Morgan fingerprint density at radius 3 is 3.00 bits per heavy atom. The number of thioether (sulfide) groups is 1. The van der Waals surface area contributed by atoms with Crippen LogP contribution in [0.25, 0.3) is 0 Å². The summed E-state index contributed by atoms with van der Waals surface area (Å²) in [5, 5.41) is 10.2. The summed E-state index contributed by atoms with van der Waals surface area (Å²) in [6.45, 7) is 0. The third-order valence-corrected chi connectivity index (χ3v) is 8.00. The van der Waals surface area contributed by atoms with Gasteiger partial charge in [-0.25, -0.2) is 9.78 Å². The van der Waals surface area contributed by atoms with Gasteiger partial charge in [-0.05, 0) is 38.5 Å². The number of aromatic nitrogens is 1. The van der Waals surface area contributed by atoms with Crippen LogP contribution < -0.4 is 16.0 Å². The molecule has 0 radical (unpaired) electrons. The van der Waals surface area contributed by atoms with E-state index in [-0.39, 0.29) is 24.0 Å². The summed E-state index contributed by atoms with van der Waals surface area (Å²) < 4.78 is 0. The van der Waals surface area contributed by atoms with Crippen LogP contribution in [0.3, 0.4) is 0 Å². The highest BCUT2D eigenvalue weighted by molar-refractivity contribution is 8.00. The van der Waals surface area contributed by atoms with Crippen molar-refractivity contribution in [3.05, 3.63) is 10.6 Å². The average molecular weight is 395 g/mol. The zero-order valence-electron chi connectivity index (χ0n) is 14.9. The molecule has 3 unspecified atom stereocenters. The first-order valence-corrected chi connectivity index (χ1v) is 11.5. The number of nitrogens with zero attached hydrogens (tertiary/aromatic N) is 1. The van der Waals surface area contributed by atoms with E-state index in [1.165, 1.54) is 29.8 Å². The molecule has 2 saturated heterocycles. The Kier molecular flexibility index (Phi) is 5.69. The molecule has 1 aliphatic carbocycles. The van der Waals surface area contributed by atoms with Crippen molar-refractivity contribution in [1.82, 2.24) is 15.6 Å². The van der Waals surface area contributed by atoms with Crippen molar-refractivity contribution in [2.75, 3.05) is 11.1 Å². The van der Waals surface area contributed by atoms with E-state index in [0.717, 1.165) is 43.0 Å². The van der Waals surface area contributed by atoms with Gasteiger partial charge in [0.1, 0.15) is 0 Å². The van der Waals surface area contributed by atoms with Gasteiger partial charge in [-0.2, -0.15) is 11.8 Å². The number of nitrogens with one attached hydrogen (secondary N) is 3. The second-order valence-electron chi connectivity index (χ2n) is 7.37. The van der Waals surface area contributed by atoms with Crippen molar-refractivity contribution < 1.29 is 9.59 Å². The Hall–Kier alpha value is -1.28. The Bertz CT molecular complexity index is 655. The minimum Gasteiger partial charge on any atom is -0.332 e. The fourth-order valence-electron chi connectivity index (χ4n) is 4.04. The van der Waals surface area contributed by atoms with E-state index < -0.39 is 0 Å². The summed E-state index contributed by atoms with van der Waals surface area (Å²) in [6, 6.07) is 0.500. The number of hydrogen-bond acceptors (Lipinski definition) is 5. The number of fused-ring (bicyclic) bond motifs is 2. The Morgan fingerprint density at radius 2 is 2.08 bits per heavy atom. The standard InChI is InChI=1S/C18H26N4O2S2/c23-15(21-18-20-11-6-2-1-3-7-13(11)26-18)9-5-4-8-14-16-12(10-25-14)19-17(24)22-16/h12,14,16H,1-10H2,(H2,19,22,24)(H,20,21,23). The molecule has 4 rings (SSSR count). The van der Waals surface area contributed by atoms with Crippen LogP contribution in [0, 0.1) is 0 Å². The zero-order valence-corrected chi connectivity index (χ0v) is 16.5. The lowest BCUT2D eigenvalue weighted by Gasteiger charge is -2.16. The largest absolute Gasteiger partial charge is 0.332 e. The topological polar surface area (TPSA) is 83.1 Å². The maximum Gasteiger partial charge on any atom is 0.315 e. The number of amides is 3. The number of rotatable bonds is 6. The van der Waals surface area contributed by atoms with Gasteiger partial charge < -0.3 is 16.0 Å². The molecule has 3 atom stereocenters. The van der Waals surface area contributed by atoms with E-state index in [0.29, 0.717) is 11.7 Å². The van der Waals surface area contributed by atoms with Gasteiger partial charge in [0.15, 0.2) is 5.13 Å². The van der Waals surface area contributed by atoms with Crippen molar-refractivity contribution in [2.45, 2.75) is 75.1 Å². The second kappa shape index (κ2) is 8.17. The molecule has 3 amide bonds. The zero-order chi connectivity index (χ0) is 17.9. The molecule has 0 spiro atoms. The Labute approximate surface area is 162 Å². The van der Waals surface area contributed by atoms with Gasteiger partial charge in [0.25, 0.3) is 0 Å². The number of thiazole rings is 1. The quantitative estimate of drug-likeness (QED) is 0.393. The van der Waals surface area contributed by atoms with Gasteiger partial charge >= 0.3 is 6.03 Å². The number of hydrogen-bond donors (Lipinski definition) is 3. The van der Waals surface area contributed by atoms with Gasteiger partial charge in [-0.1, -0.05) is 12.8 Å². The van der Waals surface area contributed by atoms with Gasteiger partial charge in [-0.3, -0.25) is 4.79 Å². The summed E-state index contributed by atoms with van der Waals surface area (Å²) in [4.78, 5) is 29.6. The first kappa shape index (κ1) is 18.1. The minimum absolute atomic E-state index is 0.0356. The summed E-state index contributed by atoms with van der Waals surface area (Å²) in [5.74, 6) is 1.06.